The van der Waals surface area contributed by atoms with Crippen molar-refractivity contribution in [1.82, 2.24) is 19.9 Å². The number of H-pyrrole nitrogens is 2. The summed E-state index contributed by atoms with van der Waals surface area (Å²) in [6.07, 6.45) is 0.888. The van der Waals surface area contributed by atoms with Crippen molar-refractivity contribution in [1.29, 1.82) is 0 Å². The first-order valence-corrected chi connectivity index (χ1v) is 13.8. The van der Waals surface area contributed by atoms with Crippen LogP contribution in [0.5, 0.6) is 0 Å². The van der Waals surface area contributed by atoms with Crippen molar-refractivity contribution < 1.29 is 0 Å². The molecule has 39 heavy (non-hydrogen) atoms. The Bertz CT molecular complexity index is 2250. The molecule has 2 heterocycles. The van der Waals surface area contributed by atoms with Crippen molar-refractivity contribution in [3.05, 3.63) is 96.6 Å². The first-order chi connectivity index (χ1) is 19.1. The first kappa shape index (κ1) is 22.3. The fraction of sp³-hybridized carbons (Fsp3) is 0.143. The number of hydrogen-bond acceptors (Lipinski definition) is 2. The third-order valence-electron chi connectivity index (χ3n) is 8.21. The van der Waals surface area contributed by atoms with Gasteiger partial charge < -0.3 is 9.97 Å². The molecule has 0 atom stereocenters. The van der Waals surface area contributed by atoms with Crippen LogP contribution in [-0.4, -0.2) is 19.9 Å². The van der Waals surface area contributed by atoms with Gasteiger partial charge in [0, 0.05) is 28.5 Å². The van der Waals surface area contributed by atoms with Gasteiger partial charge in [-0.3, -0.25) is 0 Å². The maximum absolute atomic E-state index is 4.93. The number of nitrogens with zero attached hydrogens (tertiary/aromatic N) is 2. The molecule has 0 aliphatic carbocycles. The summed E-state index contributed by atoms with van der Waals surface area (Å²) in [5.74, 6) is 2.43. The van der Waals surface area contributed by atoms with E-state index in [-0.39, 0.29) is 0 Å². The van der Waals surface area contributed by atoms with Crippen molar-refractivity contribution in [3.63, 3.8) is 0 Å². The van der Waals surface area contributed by atoms with Crippen LogP contribution in [0.3, 0.4) is 0 Å². The minimum atomic E-state index is 0.368. The maximum atomic E-state index is 4.93. The van der Waals surface area contributed by atoms with Crippen LogP contribution in [0.15, 0.2) is 84.9 Å². The zero-order valence-corrected chi connectivity index (χ0v) is 22.3. The molecule has 0 aliphatic heterocycles. The van der Waals surface area contributed by atoms with E-state index in [1.807, 2.05) is 0 Å². The third-order valence-corrected chi connectivity index (χ3v) is 8.21. The lowest BCUT2D eigenvalue weighted by molar-refractivity contribution is 0.799. The Kier molecular flexibility index (Phi) is 4.66. The normalized spacial score (nSPS) is 12.3. The van der Waals surface area contributed by atoms with E-state index in [1.165, 1.54) is 54.2 Å². The number of aryl methyl sites for hydroxylation is 1. The summed E-state index contributed by atoms with van der Waals surface area (Å²) in [5, 5.41) is 9.84. The van der Waals surface area contributed by atoms with Gasteiger partial charge in [0.05, 0.1) is 22.1 Å². The molecule has 2 aromatic heterocycles. The van der Waals surface area contributed by atoms with E-state index in [2.05, 4.69) is 116 Å². The Labute approximate surface area is 225 Å². The molecule has 188 valence electrons. The lowest BCUT2D eigenvalue weighted by atomic mass is 9.94. The molecular weight excluding hydrogens is 476 g/mol. The summed E-state index contributed by atoms with van der Waals surface area (Å²) in [7, 11) is 0. The minimum absolute atomic E-state index is 0.368. The van der Waals surface area contributed by atoms with Crippen molar-refractivity contribution in [2.45, 2.75) is 33.1 Å². The molecule has 4 nitrogen and oxygen atoms in total. The number of aromatic nitrogens is 4. The average Bonchev–Trinajstić information content (AvgIpc) is 3.62. The van der Waals surface area contributed by atoms with Gasteiger partial charge in [0.15, 0.2) is 0 Å². The van der Waals surface area contributed by atoms with E-state index in [4.69, 9.17) is 9.97 Å². The number of nitrogens with one attached hydrogen (secondary N) is 2. The molecule has 0 saturated carbocycles. The van der Waals surface area contributed by atoms with Gasteiger partial charge in [-0.15, -0.1) is 0 Å². The zero-order valence-electron chi connectivity index (χ0n) is 22.3. The summed E-state index contributed by atoms with van der Waals surface area (Å²) < 4.78 is 0. The summed E-state index contributed by atoms with van der Waals surface area (Å²) in [6, 6.07) is 31.1. The van der Waals surface area contributed by atoms with Crippen LogP contribution in [0.4, 0.5) is 0 Å². The van der Waals surface area contributed by atoms with E-state index in [9.17, 15) is 0 Å². The molecular formula is C35H28N4. The van der Waals surface area contributed by atoms with E-state index < -0.39 is 0 Å². The van der Waals surface area contributed by atoms with Gasteiger partial charge in [-0.25, -0.2) is 9.97 Å². The van der Waals surface area contributed by atoms with Gasteiger partial charge in [-0.05, 0) is 56.3 Å². The fourth-order valence-electron chi connectivity index (χ4n) is 6.16. The quantitative estimate of drug-likeness (QED) is 0.235. The van der Waals surface area contributed by atoms with E-state index in [0.717, 1.165) is 40.1 Å². The molecule has 0 amide bonds. The van der Waals surface area contributed by atoms with Gasteiger partial charge in [-0.1, -0.05) is 87.5 Å². The van der Waals surface area contributed by atoms with Crippen LogP contribution in [0, 0.1) is 0 Å². The highest BCUT2D eigenvalue weighted by atomic mass is 14.9. The Hall–Kier alpha value is -4.70. The Morgan fingerprint density at radius 2 is 1.31 bits per heavy atom. The lowest BCUT2D eigenvalue weighted by Crippen LogP contribution is -1.88. The van der Waals surface area contributed by atoms with Crippen molar-refractivity contribution in [2.24, 2.45) is 0 Å². The predicted molar refractivity (Wildman–Crippen MR) is 165 cm³/mol. The zero-order chi connectivity index (χ0) is 26.2. The summed E-state index contributed by atoms with van der Waals surface area (Å²) in [4.78, 5) is 16.9. The van der Waals surface area contributed by atoms with Gasteiger partial charge in [-0.2, -0.15) is 0 Å². The summed E-state index contributed by atoms with van der Waals surface area (Å²) in [6.45, 7) is 6.49. The molecule has 0 spiro atoms. The average molecular weight is 505 g/mol. The second-order valence-corrected chi connectivity index (χ2v) is 10.9. The van der Waals surface area contributed by atoms with E-state index >= 15 is 0 Å². The topological polar surface area (TPSA) is 57.4 Å². The maximum Gasteiger partial charge on any atom is 0.109 e. The molecule has 0 fully saturated rings. The van der Waals surface area contributed by atoms with Gasteiger partial charge in [0.25, 0.3) is 0 Å². The first-order valence-electron chi connectivity index (χ1n) is 13.8. The summed E-state index contributed by atoms with van der Waals surface area (Å²) in [5.41, 5.74) is 6.78. The van der Waals surface area contributed by atoms with Crippen molar-refractivity contribution in [3.8, 4) is 11.1 Å². The molecule has 6 aromatic carbocycles. The molecule has 8 rings (SSSR count). The number of rotatable bonds is 3. The van der Waals surface area contributed by atoms with Crippen LogP contribution in [0.1, 0.15) is 38.3 Å². The molecule has 2 N–H and O–H groups in total. The third kappa shape index (κ3) is 3.24. The second kappa shape index (κ2) is 8.15. The van der Waals surface area contributed by atoms with Crippen LogP contribution in [0.2, 0.25) is 0 Å². The Morgan fingerprint density at radius 1 is 0.615 bits per heavy atom. The number of imidazole rings is 2. The van der Waals surface area contributed by atoms with Crippen LogP contribution in [-0.2, 0) is 6.42 Å². The summed E-state index contributed by atoms with van der Waals surface area (Å²) >= 11 is 0. The molecule has 4 heteroatoms. The highest BCUT2D eigenvalue weighted by Gasteiger charge is 2.14. The number of aromatic amines is 2. The number of fused-ring (bicyclic) bond motifs is 11. The molecule has 8 aromatic rings. The highest BCUT2D eigenvalue weighted by Crippen LogP contribution is 2.38. The molecule has 0 bridgehead atoms. The minimum Gasteiger partial charge on any atom is -0.342 e. The van der Waals surface area contributed by atoms with Gasteiger partial charge in [0.2, 0.25) is 0 Å². The molecule has 0 unspecified atom stereocenters. The van der Waals surface area contributed by atoms with Crippen LogP contribution < -0.4 is 0 Å². The number of benzene rings is 6. The molecule has 0 saturated heterocycles. The SMILES string of the molecule is CCc1nc2c3ccccc3c3cc(-c4ccc5c(ccc6c5ccc5[nH]c(C(C)C)nc56)c4)ccc3c2[nH]1. The molecule has 0 radical (unpaired) electrons. The monoisotopic (exact) mass is 504 g/mol. The molecule has 0 aliphatic rings. The van der Waals surface area contributed by atoms with E-state index in [1.54, 1.807) is 0 Å². The predicted octanol–water partition coefficient (Wildman–Crippen LogP) is 9.40. The smallest absolute Gasteiger partial charge is 0.109 e. The van der Waals surface area contributed by atoms with Gasteiger partial charge in [0.1, 0.15) is 11.6 Å². The van der Waals surface area contributed by atoms with Crippen molar-refractivity contribution in [2.75, 3.05) is 0 Å². The largest absolute Gasteiger partial charge is 0.342 e. The van der Waals surface area contributed by atoms with Crippen LogP contribution in [0.25, 0.3) is 76.3 Å². The Morgan fingerprint density at radius 3 is 2.13 bits per heavy atom. The van der Waals surface area contributed by atoms with Crippen molar-refractivity contribution >= 4 is 65.2 Å². The van der Waals surface area contributed by atoms with Crippen LogP contribution >= 0.6 is 0 Å². The fourth-order valence-corrected chi connectivity index (χ4v) is 6.16. The van der Waals surface area contributed by atoms with E-state index in [0.29, 0.717) is 5.92 Å². The van der Waals surface area contributed by atoms with Gasteiger partial charge >= 0.3 is 0 Å². The standard InChI is InChI=1S/C35H28N4/c1-4-31-37-33-26-8-6-5-7-24(26)29-18-21(10-13-28(29)34(33)38-31)20-9-12-23-22(17-20)11-14-27-25(23)15-16-30-32(27)39-35(36-30)19(2)3/h5-19H,4H2,1-3H3,(H,36,39)(H,37,38). The Balaban J connectivity index is 1.32. The second-order valence-electron chi connectivity index (χ2n) is 10.9. The number of hydrogen-bond donors (Lipinski definition) is 2. The lowest BCUT2D eigenvalue weighted by Gasteiger charge is -2.11. The highest BCUT2D eigenvalue weighted by molar-refractivity contribution is 6.24.